The summed E-state index contributed by atoms with van der Waals surface area (Å²) in [6.45, 7) is 2.60. The highest BCUT2D eigenvalue weighted by molar-refractivity contribution is 5.78. The molecule has 1 unspecified atom stereocenters. The number of likely N-dealkylation sites (N-methyl/N-ethyl adjacent to an activating group) is 1. The van der Waals surface area contributed by atoms with E-state index in [0.29, 0.717) is 12.5 Å². The van der Waals surface area contributed by atoms with Crippen LogP contribution >= 0.6 is 0 Å². The first-order valence-electron chi connectivity index (χ1n) is 7.12. The molecular formula is C14H28N2O2. The van der Waals surface area contributed by atoms with Crippen molar-refractivity contribution in [1.82, 2.24) is 10.2 Å². The van der Waals surface area contributed by atoms with Crippen molar-refractivity contribution in [3.05, 3.63) is 0 Å². The summed E-state index contributed by atoms with van der Waals surface area (Å²) in [6, 6.07) is 0.641. The van der Waals surface area contributed by atoms with Crippen molar-refractivity contribution in [3.8, 4) is 0 Å². The molecule has 1 aliphatic carbocycles. The van der Waals surface area contributed by atoms with Gasteiger partial charge in [0, 0.05) is 12.6 Å². The van der Waals surface area contributed by atoms with Gasteiger partial charge in [-0.15, -0.1) is 0 Å². The number of nitrogens with one attached hydrogen (secondary N) is 1. The molecule has 0 aromatic carbocycles. The third-order valence-electron chi connectivity index (χ3n) is 4.44. The van der Waals surface area contributed by atoms with E-state index in [-0.39, 0.29) is 0 Å². The van der Waals surface area contributed by atoms with Gasteiger partial charge in [0.15, 0.2) is 0 Å². The van der Waals surface area contributed by atoms with Gasteiger partial charge in [0.25, 0.3) is 0 Å². The minimum Gasteiger partial charge on any atom is -0.480 e. The molecular weight excluding hydrogens is 228 g/mol. The van der Waals surface area contributed by atoms with E-state index in [1.807, 2.05) is 0 Å². The van der Waals surface area contributed by atoms with Crippen LogP contribution in [0.5, 0.6) is 0 Å². The maximum atomic E-state index is 11.2. The van der Waals surface area contributed by atoms with E-state index in [4.69, 9.17) is 0 Å². The molecule has 1 rings (SSSR count). The number of hydrogen-bond acceptors (Lipinski definition) is 3. The van der Waals surface area contributed by atoms with E-state index < -0.39 is 11.5 Å². The van der Waals surface area contributed by atoms with Crippen LogP contribution in [0.3, 0.4) is 0 Å². The van der Waals surface area contributed by atoms with Crippen LogP contribution in [0.25, 0.3) is 0 Å². The molecule has 0 heterocycles. The summed E-state index contributed by atoms with van der Waals surface area (Å²) in [5.41, 5.74) is -0.807. The first-order valence-corrected chi connectivity index (χ1v) is 7.12. The Morgan fingerprint density at radius 1 is 1.33 bits per heavy atom. The SMILES string of the molecule is CNC(C)(CCN(C)C1CCCCCC1)C(=O)O. The molecule has 0 spiro atoms. The molecule has 0 saturated heterocycles. The monoisotopic (exact) mass is 256 g/mol. The minimum absolute atomic E-state index is 0.641. The zero-order valence-electron chi connectivity index (χ0n) is 12.0. The van der Waals surface area contributed by atoms with Gasteiger partial charge in [0.1, 0.15) is 5.54 Å². The van der Waals surface area contributed by atoms with Crippen molar-refractivity contribution in [2.24, 2.45) is 0 Å². The van der Waals surface area contributed by atoms with Crippen LogP contribution in [0, 0.1) is 0 Å². The molecule has 18 heavy (non-hydrogen) atoms. The smallest absolute Gasteiger partial charge is 0.323 e. The highest BCUT2D eigenvalue weighted by Crippen LogP contribution is 2.22. The Kier molecular flexibility index (Phi) is 6.09. The number of carboxylic acids is 1. The molecule has 4 heteroatoms. The first-order chi connectivity index (χ1) is 8.49. The highest BCUT2D eigenvalue weighted by Gasteiger charge is 2.31. The molecule has 0 aromatic heterocycles. The Morgan fingerprint density at radius 3 is 2.33 bits per heavy atom. The number of hydrogen-bond donors (Lipinski definition) is 2. The number of aliphatic carboxylic acids is 1. The van der Waals surface area contributed by atoms with Crippen LogP contribution in [-0.2, 0) is 4.79 Å². The van der Waals surface area contributed by atoms with Crippen LogP contribution < -0.4 is 5.32 Å². The first kappa shape index (κ1) is 15.4. The van der Waals surface area contributed by atoms with Crippen LogP contribution in [0.4, 0.5) is 0 Å². The molecule has 0 amide bonds. The fourth-order valence-corrected chi connectivity index (χ4v) is 2.62. The summed E-state index contributed by atoms with van der Waals surface area (Å²) >= 11 is 0. The molecule has 0 bridgehead atoms. The molecule has 0 aromatic rings. The summed E-state index contributed by atoms with van der Waals surface area (Å²) in [5, 5.41) is 12.1. The zero-order valence-corrected chi connectivity index (χ0v) is 12.0. The summed E-state index contributed by atoms with van der Waals surface area (Å²) in [4.78, 5) is 13.6. The molecule has 1 aliphatic rings. The van der Waals surface area contributed by atoms with Crippen molar-refractivity contribution in [1.29, 1.82) is 0 Å². The number of carboxylic acid groups (broad SMARTS) is 1. The van der Waals surface area contributed by atoms with E-state index in [9.17, 15) is 9.90 Å². The zero-order chi connectivity index (χ0) is 13.6. The van der Waals surface area contributed by atoms with Crippen LogP contribution in [-0.4, -0.2) is 48.2 Å². The van der Waals surface area contributed by atoms with Gasteiger partial charge in [-0.05, 0) is 40.3 Å². The van der Waals surface area contributed by atoms with Crippen molar-refractivity contribution >= 4 is 5.97 Å². The topological polar surface area (TPSA) is 52.6 Å². The third kappa shape index (κ3) is 4.25. The van der Waals surface area contributed by atoms with Gasteiger partial charge in [-0.1, -0.05) is 25.7 Å². The molecule has 1 saturated carbocycles. The molecule has 2 N–H and O–H groups in total. The van der Waals surface area contributed by atoms with Gasteiger partial charge in [-0.25, -0.2) is 0 Å². The van der Waals surface area contributed by atoms with Gasteiger partial charge in [-0.2, -0.15) is 0 Å². The Hall–Kier alpha value is -0.610. The Bertz CT molecular complexity index is 263. The summed E-state index contributed by atoms with van der Waals surface area (Å²) in [5.74, 6) is -0.765. The predicted octanol–water partition coefficient (Wildman–Crippen LogP) is 2.09. The van der Waals surface area contributed by atoms with Crippen molar-refractivity contribution in [3.63, 3.8) is 0 Å². The standard InChI is InChI=1S/C14H28N2O2/c1-14(15-2,13(17)18)10-11-16(3)12-8-6-4-5-7-9-12/h12,15H,4-11H2,1-3H3,(H,17,18). The van der Waals surface area contributed by atoms with Crippen molar-refractivity contribution in [2.45, 2.75) is 63.5 Å². The van der Waals surface area contributed by atoms with E-state index in [1.165, 1.54) is 38.5 Å². The summed E-state index contributed by atoms with van der Waals surface area (Å²) in [6.07, 6.45) is 8.52. The molecule has 106 valence electrons. The molecule has 1 atom stereocenters. The maximum absolute atomic E-state index is 11.2. The van der Waals surface area contributed by atoms with E-state index >= 15 is 0 Å². The average Bonchev–Trinajstić information content (AvgIpc) is 2.64. The van der Waals surface area contributed by atoms with Gasteiger partial charge >= 0.3 is 5.97 Å². The van der Waals surface area contributed by atoms with Crippen LogP contribution in [0.1, 0.15) is 51.9 Å². The van der Waals surface area contributed by atoms with Crippen molar-refractivity contribution in [2.75, 3.05) is 20.6 Å². The average molecular weight is 256 g/mol. The molecule has 4 nitrogen and oxygen atoms in total. The predicted molar refractivity (Wildman–Crippen MR) is 73.8 cm³/mol. The lowest BCUT2D eigenvalue weighted by Crippen LogP contribution is -2.50. The quantitative estimate of drug-likeness (QED) is 0.715. The van der Waals surface area contributed by atoms with Gasteiger partial charge < -0.3 is 15.3 Å². The second-order valence-electron chi connectivity index (χ2n) is 5.76. The van der Waals surface area contributed by atoms with E-state index in [0.717, 1.165) is 6.54 Å². The third-order valence-corrected chi connectivity index (χ3v) is 4.44. The Labute approximate surface area is 111 Å². The van der Waals surface area contributed by atoms with Gasteiger partial charge in [0.2, 0.25) is 0 Å². The largest absolute Gasteiger partial charge is 0.480 e. The number of carbonyl (C=O) groups is 1. The lowest BCUT2D eigenvalue weighted by Gasteiger charge is -2.31. The van der Waals surface area contributed by atoms with Crippen molar-refractivity contribution < 1.29 is 9.90 Å². The molecule has 1 fully saturated rings. The second kappa shape index (κ2) is 7.10. The molecule has 0 aliphatic heterocycles. The van der Waals surface area contributed by atoms with Gasteiger partial charge in [-0.3, -0.25) is 4.79 Å². The lowest BCUT2D eigenvalue weighted by molar-refractivity contribution is -0.144. The lowest BCUT2D eigenvalue weighted by atomic mass is 9.97. The second-order valence-corrected chi connectivity index (χ2v) is 5.76. The summed E-state index contributed by atoms with van der Waals surface area (Å²) in [7, 11) is 3.85. The van der Waals surface area contributed by atoms with Gasteiger partial charge in [0.05, 0.1) is 0 Å². The van der Waals surface area contributed by atoms with E-state index in [2.05, 4.69) is 17.3 Å². The number of nitrogens with zero attached hydrogens (tertiary/aromatic N) is 1. The summed E-state index contributed by atoms with van der Waals surface area (Å²) < 4.78 is 0. The number of rotatable bonds is 6. The highest BCUT2D eigenvalue weighted by atomic mass is 16.4. The van der Waals surface area contributed by atoms with Crippen LogP contribution in [0.15, 0.2) is 0 Å². The molecule has 0 radical (unpaired) electrons. The Morgan fingerprint density at radius 2 is 1.89 bits per heavy atom. The van der Waals surface area contributed by atoms with Crippen LogP contribution in [0.2, 0.25) is 0 Å². The normalized spacial score (nSPS) is 21.6. The fraction of sp³-hybridized carbons (Fsp3) is 0.929. The maximum Gasteiger partial charge on any atom is 0.323 e. The Balaban J connectivity index is 2.43. The fourth-order valence-electron chi connectivity index (χ4n) is 2.62. The minimum atomic E-state index is -0.807. The van der Waals surface area contributed by atoms with E-state index in [1.54, 1.807) is 14.0 Å².